The normalized spacial score (nSPS) is 10.4. The number of nitrogens with zero attached hydrogens (tertiary/aromatic N) is 1. The second kappa shape index (κ2) is 10.5. The topological polar surface area (TPSA) is 53.6 Å². The number of amides is 1. The summed E-state index contributed by atoms with van der Waals surface area (Å²) in [5.74, 6) is -0.540. The molecule has 0 unspecified atom stereocenters. The molecule has 0 fully saturated rings. The molecular weight excluding hydrogens is 346 g/mol. The lowest BCUT2D eigenvalue weighted by Crippen LogP contribution is -2.49. The Hall–Kier alpha value is -2.44. The minimum atomic E-state index is -0.406. The molecule has 0 aliphatic carbocycles. The number of nitrogens with one attached hydrogen (secondary N) is 2. The van der Waals surface area contributed by atoms with Gasteiger partial charge in [-0.3, -0.25) is 15.2 Å². The maximum absolute atomic E-state index is 13.0. The van der Waals surface area contributed by atoms with Crippen molar-refractivity contribution in [3.8, 4) is 0 Å². The molecule has 2 aromatic rings. The van der Waals surface area contributed by atoms with Crippen LogP contribution >= 0.6 is 12.2 Å². The van der Waals surface area contributed by atoms with E-state index in [0.717, 1.165) is 17.5 Å². The summed E-state index contributed by atoms with van der Waals surface area (Å²) in [5.41, 5.74) is 4.74. The van der Waals surface area contributed by atoms with E-state index in [-0.39, 0.29) is 5.91 Å². The third kappa shape index (κ3) is 5.82. The summed E-state index contributed by atoms with van der Waals surface area (Å²) in [4.78, 5) is 13.0. The van der Waals surface area contributed by atoms with Crippen LogP contribution in [-0.4, -0.2) is 43.3 Å². The molecule has 0 saturated heterocycles. The van der Waals surface area contributed by atoms with E-state index in [0.29, 0.717) is 18.3 Å². The summed E-state index contributed by atoms with van der Waals surface area (Å²) in [6, 6.07) is 19.4. The highest BCUT2D eigenvalue weighted by atomic mass is 32.1. The van der Waals surface area contributed by atoms with Gasteiger partial charge in [-0.25, -0.2) is 0 Å². The SMILES string of the molecule is COCCCNC(=S)N(C)NC(=O)C(c1ccccc1)c1ccccc1. The zero-order chi connectivity index (χ0) is 18.8. The standard InChI is InChI=1S/C20H25N3O2S/c1-23(20(26)21-14-9-15-25-2)22-19(24)18(16-10-5-3-6-11-16)17-12-7-4-8-13-17/h3-8,10-13,18H,9,14-15H2,1-2H3,(H,21,26)(H,22,24). The summed E-state index contributed by atoms with van der Waals surface area (Å²) in [6.45, 7) is 1.35. The van der Waals surface area contributed by atoms with Crippen molar-refractivity contribution in [3.63, 3.8) is 0 Å². The first-order valence-electron chi connectivity index (χ1n) is 8.54. The van der Waals surface area contributed by atoms with Crippen molar-refractivity contribution in [2.45, 2.75) is 12.3 Å². The van der Waals surface area contributed by atoms with E-state index in [9.17, 15) is 4.79 Å². The second-order valence-corrected chi connectivity index (χ2v) is 6.25. The van der Waals surface area contributed by atoms with Gasteiger partial charge >= 0.3 is 0 Å². The molecule has 138 valence electrons. The molecule has 0 heterocycles. The summed E-state index contributed by atoms with van der Waals surface area (Å²) >= 11 is 5.32. The summed E-state index contributed by atoms with van der Waals surface area (Å²) in [7, 11) is 3.40. The minimum Gasteiger partial charge on any atom is -0.385 e. The van der Waals surface area contributed by atoms with E-state index >= 15 is 0 Å². The molecule has 2 aromatic carbocycles. The number of rotatable bonds is 7. The van der Waals surface area contributed by atoms with Crippen LogP contribution in [0.15, 0.2) is 60.7 Å². The first-order chi connectivity index (χ1) is 12.6. The molecule has 0 aliphatic rings. The number of hydrazine groups is 1. The van der Waals surface area contributed by atoms with E-state index in [2.05, 4.69) is 10.7 Å². The van der Waals surface area contributed by atoms with Crippen LogP contribution in [0.2, 0.25) is 0 Å². The fraction of sp³-hybridized carbons (Fsp3) is 0.300. The van der Waals surface area contributed by atoms with Gasteiger partial charge in [-0.15, -0.1) is 0 Å². The predicted octanol–water partition coefficient (Wildman–Crippen LogP) is 2.69. The highest BCUT2D eigenvalue weighted by molar-refractivity contribution is 7.80. The van der Waals surface area contributed by atoms with Crippen LogP contribution in [-0.2, 0) is 9.53 Å². The van der Waals surface area contributed by atoms with Gasteiger partial charge in [0.1, 0.15) is 0 Å². The largest absolute Gasteiger partial charge is 0.385 e. The van der Waals surface area contributed by atoms with Crippen LogP contribution in [0.1, 0.15) is 23.5 Å². The molecular formula is C20H25N3O2S. The van der Waals surface area contributed by atoms with E-state index in [1.165, 1.54) is 0 Å². The molecule has 2 N–H and O–H groups in total. The zero-order valence-electron chi connectivity index (χ0n) is 15.1. The average molecular weight is 372 g/mol. The van der Waals surface area contributed by atoms with E-state index < -0.39 is 5.92 Å². The molecule has 0 atom stereocenters. The molecule has 6 heteroatoms. The van der Waals surface area contributed by atoms with Crippen molar-refractivity contribution in [1.29, 1.82) is 0 Å². The Labute approximate surface area is 160 Å². The van der Waals surface area contributed by atoms with Gasteiger partial charge in [0, 0.05) is 27.3 Å². The van der Waals surface area contributed by atoms with Crippen molar-refractivity contribution in [1.82, 2.24) is 15.8 Å². The highest BCUT2D eigenvalue weighted by Gasteiger charge is 2.23. The first kappa shape index (κ1) is 19.9. The summed E-state index contributed by atoms with van der Waals surface area (Å²) in [5, 5.41) is 5.12. The fourth-order valence-corrected chi connectivity index (χ4v) is 2.74. The molecule has 0 bridgehead atoms. The van der Waals surface area contributed by atoms with Crippen LogP contribution in [0.4, 0.5) is 0 Å². The van der Waals surface area contributed by atoms with Gasteiger partial charge in [-0.1, -0.05) is 60.7 Å². The van der Waals surface area contributed by atoms with Crippen LogP contribution in [0.5, 0.6) is 0 Å². The molecule has 0 aliphatic heterocycles. The molecule has 1 amide bonds. The maximum Gasteiger partial charge on any atom is 0.250 e. The van der Waals surface area contributed by atoms with E-state index in [1.54, 1.807) is 19.2 Å². The highest BCUT2D eigenvalue weighted by Crippen LogP contribution is 2.24. The van der Waals surface area contributed by atoms with Gasteiger partial charge in [0.05, 0.1) is 5.92 Å². The minimum absolute atomic E-state index is 0.133. The maximum atomic E-state index is 13.0. The Balaban J connectivity index is 2.06. The lowest BCUT2D eigenvalue weighted by Gasteiger charge is -2.25. The molecule has 0 spiro atoms. The smallest absolute Gasteiger partial charge is 0.250 e. The third-order valence-corrected chi connectivity index (χ3v) is 4.33. The number of thiocarbonyl (C=S) groups is 1. The average Bonchev–Trinajstić information content (AvgIpc) is 2.67. The Bertz CT molecular complexity index is 655. The molecule has 0 aromatic heterocycles. The van der Waals surface area contributed by atoms with Gasteiger partial charge in [0.2, 0.25) is 0 Å². The molecule has 0 radical (unpaired) electrons. The van der Waals surface area contributed by atoms with Crippen LogP contribution in [0, 0.1) is 0 Å². The number of ether oxygens (including phenoxy) is 1. The lowest BCUT2D eigenvalue weighted by molar-refractivity contribution is -0.124. The van der Waals surface area contributed by atoms with Crippen molar-refractivity contribution < 1.29 is 9.53 Å². The van der Waals surface area contributed by atoms with Crippen molar-refractivity contribution in [3.05, 3.63) is 71.8 Å². The zero-order valence-corrected chi connectivity index (χ0v) is 16.0. The van der Waals surface area contributed by atoms with Gasteiger partial charge < -0.3 is 10.1 Å². The van der Waals surface area contributed by atoms with Gasteiger partial charge in [0.15, 0.2) is 5.11 Å². The number of hydrogen-bond acceptors (Lipinski definition) is 3. The molecule has 2 rings (SSSR count). The third-order valence-electron chi connectivity index (χ3n) is 3.91. The summed E-state index contributed by atoms with van der Waals surface area (Å²) in [6.07, 6.45) is 0.842. The fourth-order valence-electron chi connectivity index (χ4n) is 2.60. The molecule has 5 nitrogen and oxygen atoms in total. The van der Waals surface area contributed by atoms with Crippen molar-refractivity contribution >= 4 is 23.2 Å². The van der Waals surface area contributed by atoms with Crippen molar-refractivity contribution in [2.24, 2.45) is 0 Å². The summed E-state index contributed by atoms with van der Waals surface area (Å²) < 4.78 is 5.01. The predicted molar refractivity (Wildman–Crippen MR) is 108 cm³/mol. The molecule has 0 saturated carbocycles. The first-order valence-corrected chi connectivity index (χ1v) is 8.95. The van der Waals surface area contributed by atoms with Gasteiger partial charge in [-0.2, -0.15) is 0 Å². The van der Waals surface area contributed by atoms with E-state index in [1.807, 2.05) is 60.7 Å². The number of benzene rings is 2. The Morgan fingerprint density at radius 1 is 1.08 bits per heavy atom. The monoisotopic (exact) mass is 371 g/mol. The quantitative estimate of drug-likeness (QED) is 0.445. The van der Waals surface area contributed by atoms with Crippen LogP contribution in [0.3, 0.4) is 0 Å². The van der Waals surface area contributed by atoms with E-state index in [4.69, 9.17) is 17.0 Å². The Morgan fingerprint density at radius 3 is 2.12 bits per heavy atom. The van der Waals surface area contributed by atoms with Crippen LogP contribution in [0.25, 0.3) is 0 Å². The number of hydrogen-bond donors (Lipinski definition) is 2. The van der Waals surface area contributed by atoms with Crippen molar-refractivity contribution in [2.75, 3.05) is 27.3 Å². The number of methoxy groups -OCH3 is 1. The lowest BCUT2D eigenvalue weighted by atomic mass is 9.91. The van der Waals surface area contributed by atoms with Gasteiger partial charge in [0.25, 0.3) is 5.91 Å². The number of carbonyl (C=O) groups excluding carboxylic acids is 1. The molecule has 26 heavy (non-hydrogen) atoms. The number of carbonyl (C=O) groups is 1. The van der Waals surface area contributed by atoms with Crippen LogP contribution < -0.4 is 10.7 Å². The Kier molecular flexibility index (Phi) is 8.05. The Morgan fingerprint density at radius 2 is 1.62 bits per heavy atom. The second-order valence-electron chi connectivity index (χ2n) is 5.87. The van der Waals surface area contributed by atoms with Gasteiger partial charge in [-0.05, 0) is 29.8 Å².